The van der Waals surface area contributed by atoms with Crippen molar-refractivity contribution in [3.63, 3.8) is 0 Å². The molecule has 1 saturated heterocycles. The Bertz CT molecular complexity index is 1550. The summed E-state index contributed by atoms with van der Waals surface area (Å²) in [5.41, 5.74) is 0.966. The molecule has 226 valence electrons. The summed E-state index contributed by atoms with van der Waals surface area (Å²) in [6.07, 6.45) is 4.40. The molecule has 3 aromatic rings. The van der Waals surface area contributed by atoms with E-state index in [0.717, 1.165) is 30.6 Å². The number of anilines is 1. The molecule has 9 nitrogen and oxygen atoms in total. The van der Waals surface area contributed by atoms with Gasteiger partial charge in [-0.15, -0.1) is 0 Å². The van der Waals surface area contributed by atoms with E-state index in [0.29, 0.717) is 46.6 Å². The number of aliphatic hydroxyl groups is 1. The zero-order valence-electron chi connectivity index (χ0n) is 24.2. The predicted octanol–water partition coefficient (Wildman–Crippen LogP) is 7.04. The number of nitrogens with zero attached hydrogens (tertiary/aromatic N) is 2. The number of ketones is 1. The summed E-state index contributed by atoms with van der Waals surface area (Å²) >= 11 is 6.96. The number of aromatic nitrogens is 1. The van der Waals surface area contributed by atoms with Crippen LogP contribution in [0.5, 0.6) is 11.5 Å². The number of Topliss-reactive ketones (excluding diaryl/α,β-unsaturated/α-hetero) is 1. The molecule has 0 radical (unpaired) electrons. The summed E-state index contributed by atoms with van der Waals surface area (Å²) in [7, 11) is 0. The van der Waals surface area contributed by atoms with Gasteiger partial charge in [0.15, 0.2) is 16.6 Å². The number of amides is 1. The molecule has 1 aliphatic heterocycles. The van der Waals surface area contributed by atoms with Crippen molar-refractivity contribution in [2.75, 3.05) is 24.7 Å². The Morgan fingerprint density at radius 3 is 2.53 bits per heavy atom. The number of aryl methyl sites for hydroxylation is 1. The highest BCUT2D eigenvalue weighted by atomic mass is 35.5. The lowest BCUT2D eigenvalue weighted by Crippen LogP contribution is -2.29. The summed E-state index contributed by atoms with van der Waals surface area (Å²) < 4.78 is 17.0. The number of thiazole rings is 1. The zero-order chi connectivity index (χ0) is 31.1. The average Bonchev–Trinajstić information content (AvgIpc) is 3.51. The van der Waals surface area contributed by atoms with Crippen LogP contribution in [0.4, 0.5) is 5.13 Å². The van der Waals surface area contributed by atoms with E-state index in [2.05, 4.69) is 18.5 Å². The number of hydrogen-bond acceptors (Lipinski definition) is 9. The Morgan fingerprint density at radius 2 is 1.86 bits per heavy atom. The normalized spacial score (nSPS) is 15.9. The number of hydrogen-bond donors (Lipinski definition) is 1. The third-order valence-electron chi connectivity index (χ3n) is 6.66. The maximum absolute atomic E-state index is 13.6. The van der Waals surface area contributed by atoms with Gasteiger partial charge in [-0.2, -0.15) is 0 Å². The van der Waals surface area contributed by atoms with Crippen molar-refractivity contribution in [2.45, 2.75) is 46.1 Å². The maximum atomic E-state index is 13.6. The third-order valence-corrected chi connectivity index (χ3v) is 8.05. The van der Waals surface area contributed by atoms with E-state index in [1.807, 2.05) is 6.92 Å². The largest absolute Gasteiger partial charge is 0.507 e. The fourth-order valence-electron chi connectivity index (χ4n) is 4.60. The lowest BCUT2D eigenvalue weighted by Gasteiger charge is -2.24. The Labute approximate surface area is 259 Å². The van der Waals surface area contributed by atoms with Gasteiger partial charge < -0.3 is 19.3 Å². The van der Waals surface area contributed by atoms with E-state index < -0.39 is 23.7 Å². The quantitative estimate of drug-likeness (QED) is 0.0538. The number of aliphatic hydroxyl groups excluding tert-OH is 1. The Morgan fingerprint density at radius 1 is 1.12 bits per heavy atom. The first-order chi connectivity index (χ1) is 20.7. The lowest BCUT2D eigenvalue weighted by molar-refractivity contribution is -0.132. The number of unbranched alkanes of at least 4 members (excludes halogenated alkanes) is 2. The molecule has 0 saturated carbocycles. The number of esters is 1. The first-order valence-corrected chi connectivity index (χ1v) is 15.1. The molecule has 0 spiro atoms. The molecule has 1 atom stereocenters. The van der Waals surface area contributed by atoms with Gasteiger partial charge in [-0.25, -0.2) is 9.78 Å². The van der Waals surface area contributed by atoms with Gasteiger partial charge in [0.25, 0.3) is 5.78 Å². The summed E-state index contributed by atoms with van der Waals surface area (Å²) in [5.74, 6) is -1.86. The standard InChI is InChI=1S/C32H33ClN2O7S/c1-5-8-9-17-41-23-15-12-21(18-24(23)40-7-3)26-25(27(36)20-10-13-22(33)14-11-20)28(37)30(38)35(26)32-34-19(4)29(43-32)31(39)42-16-6-2/h6,10-15,18,26,36H,2,5,7-9,16-17H2,1,3-4H3. The first-order valence-electron chi connectivity index (χ1n) is 13.9. The summed E-state index contributed by atoms with van der Waals surface area (Å²) in [5, 5.41) is 12.0. The van der Waals surface area contributed by atoms with E-state index in [4.69, 9.17) is 25.8 Å². The predicted molar refractivity (Wildman–Crippen MR) is 166 cm³/mol. The molecule has 0 bridgehead atoms. The Balaban J connectivity index is 1.86. The van der Waals surface area contributed by atoms with Crippen LogP contribution in [-0.2, 0) is 14.3 Å². The van der Waals surface area contributed by atoms with Crippen molar-refractivity contribution in [1.29, 1.82) is 0 Å². The topological polar surface area (TPSA) is 115 Å². The summed E-state index contributed by atoms with van der Waals surface area (Å²) in [4.78, 5) is 45.7. The second-order valence-electron chi connectivity index (χ2n) is 9.67. The van der Waals surface area contributed by atoms with Crippen LogP contribution in [-0.4, -0.2) is 47.6 Å². The van der Waals surface area contributed by atoms with E-state index in [9.17, 15) is 19.5 Å². The van der Waals surface area contributed by atoms with Crippen LogP contribution >= 0.6 is 22.9 Å². The molecule has 1 aliphatic rings. The first kappa shape index (κ1) is 31.8. The van der Waals surface area contributed by atoms with Crippen molar-refractivity contribution in [3.8, 4) is 11.5 Å². The van der Waals surface area contributed by atoms with Gasteiger partial charge in [0.2, 0.25) is 0 Å². The van der Waals surface area contributed by atoms with E-state index in [1.165, 1.54) is 11.0 Å². The summed E-state index contributed by atoms with van der Waals surface area (Å²) in [6, 6.07) is 10.3. The number of carbonyl (C=O) groups excluding carboxylic acids is 3. The van der Waals surface area contributed by atoms with Crippen LogP contribution in [0, 0.1) is 6.92 Å². The fraction of sp³-hybridized carbons (Fsp3) is 0.312. The third kappa shape index (κ3) is 6.92. The van der Waals surface area contributed by atoms with Gasteiger partial charge in [0, 0.05) is 10.6 Å². The van der Waals surface area contributed by atoms with Gasteiger partial charge in [-0.05, 0) is 62.2 Å². The highest BCUT2D eigenvalue weighted by molar-refractivity contribution is 7.17. The SMILES string of the molecule is C=CCOC(=O)c1sc(N2C(=O)C(=O)C(=C(O)c3ccc(Cl)cc3)C2c2ccc(OCCCCC)c(OCC)c2)nc1C. The molecule has 4 rings (SSSR count). The molecule has 43 heavy (non-hydrogen) atoms. The van der Waals surface area contributed by atoms with Crippen LogP contribution < -0.4 is 14.4 Å². The van der Waals surface area contributed by atoms with E-state index >= 15 is 0 Å². The highest BCUT2D eigenvalue weighted by Crippen LogP contribution is 2.45. The molecule has 0 aliphatic carbocycles. The number of carbonyl (C=O) groups is 3. The van der Waals surface area contributed by atoms with Gasteiger partial charge in [0.05, 0.1) is 30.5 Å². The molecule has 1 amide bonds. The van der Waals surface area contributed by atoms with Crippen LogP contribution in [0.15, 0.2) is 60.7 Å². The number of ether oxygens (including phenoxy) is 3. The molecular weight excluding hydrogens is 592 g/mol. The minimum absolute atomic E-state index is 0.00415. The number of rotatable bonds is 13. The fourth-order valence-corrected chi connectivity index (χ4v) is 5.71. The van der Waals surface area contributed by atoms with Crippen molar-refractivity contribution in [3.05, 3.63) is 87.4 Å². The van der Waals surface area contributed by atoms with Crippen molar-refractivity contribution >= 4 is 51.5 Å². The van der Waals surface area contributed by atoms with Gasteiger partial charge in [-0.1, -0.05) is 61.4 Å². The van der Waals surface area contributed by atoms with Crippen molar-refractivity contribution in [1.82, 2.24) is 4.98 Å². The smallest absolute Gasteiger partial charge is 0.350 e. The monoisotopic (exact) mass is 624 g/mol. The molecule has 1 unspecified atom stereocenters. The van der Waals surface area contributed by atoms with Crippen LogP contribution in [0.2, 0.25) is 5.02 Å². The van der Waals surface area contributed by atoms with Gasteiger partial charge >= 0.3 is 11.9 Å². The van der Waals surface area contributed by atoms with Crippen molar-refractivity contribution < 1.29 is 33.7 Å². The Hall–Kier alpha value is -4.15. The molecule has 1 aromatic heterocycles. The van der Waals surface area contributed by atoms with Gasteiger partial charge in [-0.3, -0.25) is 14.5 Å². The molecular formula is C32H33ClN2O7S. The summed E-state index contributed by atoms with van der Waals surface area (Å²) in [6.45, 7) is 9.97. The molecule has 1 N–H and O–H groups in total. The molecule has 1 fully saturated rings. The van der Waals surface area contributed by atoms with E-state index in [1.54, 1.807) is 49.4 Å². The minimum atomic E-state index is -1.09. The van der Waals surface area contributed by atoms with Crippen LogP contribution in [0.1, 0.15) is 65.6 Å². The van der Waals surface area contributed by atoms with Gasteiger partial charge in [0.1, 0.15) is 17.2 Å². The van der Waals surface area contributed by atoms with Crippen LogP contribution in [0.3, 0.4) is 0 Å². The second-order valence-corrected chi connectivity index (χ2v) is 11.1. The van der Waals surface area contributed by atoms with E-state index in [-0.39, 0.29) is 27.9 Å². The average molecular weight is 625 g/mol. The zero-order valence-corrected chi connectivity index (χ0v) is 25.8. The molecule has 2 heterocycles. The van der Waals surface area contributed by atoms with Crippen LogP contribution in [0.25, 0.3) is 5.76 Å². The minimum Gasteiger partial charge on any atom is -0.507 e. The maximum Gasteiger partial charge on any atom is 0.350 e. The number of benzene rings is 2. The van der Waals surface area contributed by atoms with Crippen molar-refractivity contribution in [2.24, 2.45) is 0 Å². The second kappa shape index (κ2) is 14.3. The number of halogens is 1. The molecule has 11 heteroatoms. The highest BCUT2D eigenvalue weighted by Gasteiger charge is 2.48. The Kier molecular flexibility index (Phi) is 10.6. The lowest BCUT2D eigenvalue weighted by atomic mass is 9.95. The molecule has 2 aromatic carbocycles.